The van der Waals surface area contributed by atoms with Gasteiger partial charge in [0.25, 0.3) is 0 Å². The summed E-state index contributed by atoms with van der Waals surface area (Å²) in [7, 11) is 0. The second kappa shape index (κ2) is 9.85. The van der Waals surface area contributed by atoms with Crippen LogP contribution in [0.4, 0.5) is 11.4 Å². The molecule has 4 aromatic carbocycles. The van der Waals surface area contributed by atoms with Crippen LogP contribution in [0, 0.1) is 18.3 Å². The van der Waals surface area contributed by atoms with Gasteiger partial charge in [-0.15, -0.1) is 0 Å². The Morgan fingerprint density at radius 1 is 0.735 bits per heavy atom. The molecule has 0 aliphatic carbocycles. The van der Waals surface area contributed by atoms with Crippen molar-refractivity contribution in [2.24, 2.45) is 0 Å². The molecule has 0 radical (unpaired) electrons. The molecule has 1 saturated heterocycles. The molecule has 34 heavy (non-hydrogen) atoms. The quantitative estimate of drug-likeness (QED) is 0.355. The maximum atomic E-state index is 10.2. The van der Waals surface area contributed by atoms with Crippen LogP contribution in [0.1, 0.15) is 22.3 Å². The van der Waals surface area contributed by atoms with Crippen molar-refractivity contribution in [3.63, 3.8) is 0 Å². The lowest BCUT2D eigenvalue weighted by atomic mass is 9.87. The zero-order chi connectivity index (χ0) is 23.3. The molecule has 0 saturated carbocycles. The molecule has 168 valence electrons. The van der Waals surface area contributed by atoms with Gasteiger partial charge in [0.05, 0.1) is 11.3 Å². The molecule has 1 heterocycles. The van der Waals surface area contributed by atoms with Crippen LogP contribution >= 0.6 is 0 Å². The highest BCUT2D eigenvalue weighted by Crippen LogP contribution is 2.37. The van der Waals surface area contributed by atoms with Crippen LogP contribution in [0.5, 0.6) is 0 Å². The summed E-state index contributed by atoms with van der Waals surface area (Å²) in [5.74, 6) is 0. The average molecular weight is 444 g/mol. The Balaban J connectivity index is 1.53. The van der Waals surface area contributed by atoms with Gasteiger partial charge in [0.2, 0.25) is 0 Å². The molecule has 0 bridgehead atoms. The first kappa shape index (κ1) is 21.8. The molecule has 0 spiro atoms. The van der Waals surface area contributed by atoms with E-state index in [2.05, 4.69) is 114 Å². The highest BCUT2D eigenvalue weighted by molar-refractivity contribution is 5.79. The first-order valence-corrected chi connectivity index (χ1v) is 12.0. The predicted octanol–water partition coefficient (Wildman–Crippen LogP) is 6.45. The van der Waals surface area contributed by atoms with E-state index < -0.39 is 0 Å². The Morgan fingerprint density at radius 2 is 1.29 bits per heavy atom. The topological polar surface area (TPSA) is 30.3 Å². The van der Waals surface area contributed by atoms with Gasteiger partial charge in [-0.05, 0) is 59.4 Å². The van der Waals surface area contributed by atoms with E-state index in [-0.39, 0.29) is 0 Å². The number of rotatable bonds is 5. The lowest BCUT2D eigenvalue weighted by Gasteiger charge is -2.38. The number of hydrogen-bond donors (Lipinski definition) is 0. The van der Waals surface area contributed by atoms with Gasteiger partial charge >= 0.3 is 0 Å². The zero-order valence-electron chi connectivity index (χ0n) is 19.6. The molecule has 1 fully saturated rings. The van der Waals surface area contributed by atoms with Crippen LogP contribution in [0.15, 0.2) is 97.1 Å². The van der Waals surface area contributed by atoms with Gasteiger partial charge in [-0.25, -0.2) is 0 Å². The van der Waals surface area contributed by atoms with E-state index in [1.54, 1.807) is 0 Å². The van der Waals surface area contributed by atoms with Gasteiger partial charge in [-0.2, -0.15) is 5.26 Å². The molecule has 0 N–H and O–H groups in total. The maximum Gasteiger partial charge on any atom is 0.102 e. The fourth-order valence-electron chi connectivity index (χ4n) is 4.98. The Morgan fingerprint density at radius 3 is 1.91 bits per heavy atom. The number of anilines is 2. The van der Waals surface area contributed by atoms with Gasteiger partial charge < -0.3 is 9.80 Å². The van der Waals surface area contributed by atoms with E-state index in [1.807, 2.05) is 6.07 Å². The van der Waals surface area contributed by atoms with Gasteiger partial charge in [0.1, 0.15) is 6.07 Å². The first-order valence-electron chi connectivity index (χ1n) is 12.0. The Kier molecular flexibility index (Phi) is 6.31. The summed E-state index contributed by atoms with van der Waals surface area (Å²) in [5.41, 5.74) is 9.14. The summed E-state index contributed by atoms with van der Waals surface area (Å²) in [5, 5.41) is 10.2. The fraction of sp³-hybridized carbons (Fsp3) is 0.194. The van der Waals surface area contributed by atoms with Crippen molar-refractivity contribution in [1.29, 1.82) is 5.26 Å². The number of nitrogens with zero attached hydrogens (tertiary/aromatic N) is 3. The lowest BCUT2D eigenvalue weighted by Crippen LogP contribution is -2.46. The SMILES string of the molecule is Cc1c(C#N)c(N2CCN(c3ccccc3)CC2)cc(-c2ccccc2)c1Cc1ccccc1. The molecule has 0 amide bonds. The highest BCUT2D eigenvalue weighted by atomic mass is 15.3. The number of benzene rings is 4. The second-order valence-corrected chi connectivity index (χ2v) is 8.87. The van der Waals surface area contributed by atoms with Crippen molar-refractivity contribution in [3.05, 3.63) is 119 Å². The average Bonchev–Trinajstić information content (AvgIpc) is 2.91. The Hall–Kier alpha value is -4.03. The summed E-state index contributed by atoms with van der Waals surface area (Å²) in [4.78, 5) is 4.82. The molecule has 0 unspecified atom stereocenters. The van der Waals surface area contributed by atoms with E-state index in [9.17, 15) is 5.26 Å². The molecule has 1 aliphatic heterocycles. The Bertz CT molecular complexity index is 1280. The van der Waals surface area contributed by atoms with E-state index in [0.717, 1.165) is 49.4 Å². The van der Waals surface area contributed by atoms with Gasteiger partial charge in [-0.3, -0.25) is 0 Å². The standard InChI is InChI=1S/C31H29N3/c1-24-28(21-25-11-5-2-6-12-25)29(26-13-7-3-8-14-26)22-31(30(24)23-32)34-19-17-33(18-20-34)27-15-9-4-10-16-27/h2-16,22H,17-21H2,1H3. The lowest BCUT2D eigenvalue weighted by molar-refractivity contribution is 0.653. The van der Waals surface area contributed by atoms with Crippen LogP contribution in [0.3, 0.4) is 0 Å². The summed E-state index contributed by atoms with van der Waals surface area (Å²) in [6.07, 6.45) is 0.813. The van der Waals surface area contributed by atoms with Crippen LogP contribution in [0.25, 0.3) is 11.1 Å². The number of nitriles is 1. The molecular formula is C31H29N3. The van der Waals surface area contributed by atoms with E-state index in [1.165, 1.54) is 27.9 Å². The third kappa shape index (κ3) is 4.40. The third-order valence-corrected chi connectivity index (χ3v) is 6.85. The van der Waals surface area contributed by atoms with Crippen LogP contribution in [-0.4, -0.2) is 26.2 Å². The summed E-state index contributed by atoms with van der Waals surface area (Å²) in [6.45, 7) is 5.80. The Labute approximate surface area is 202 Å². The third-order valence-electron chi connectivity index (χ3n) is 6.85. The van der Waals surface area contributed by atoms with Crippen LogP contribution in [-0.2, 0) is 6.42 Å². The molecule has 1 aliphatic rings. The molecule has 3 heteroatoms. The normalized spacial score (nSPS) is 13.5. The van der Waals surface area contributed by atoms with Gasteiger partial charge in [0.15, 0.2) is 0 Å². The fourth-order valence-corrected chi connectivity index (χ4v) is 4.98. The summed E-state index contributed by atoms with van der Waals surface area (Å²) < 4.78 is 0. The first-order chi connectivity index (χ1) is 16.7. The second-order valence-electron chi connectivity index (χ2n) is 8.87. The van der Waals surface area contributed by atoms with Crippen molar-refractivity contribution in [1.82, 2.24) is 0 Å². The monoisotopic (exact) mass is 443 g/mol. The largest absolute Gasteiger partial charge is 0.368 e. The highest BCUT2D eigenvalue weighted by Gasteiger charge is 2.23. The zero-order valence-corrected chi connectivity index (χ0v) is 19.6. The van der Waals surface area contributed by atoms with Crippen molar-refractivity contribution in [2.45, 2.75) is 13.3 Å². The molecule has 3 nitrogen and oxygen atoms in total. The minimum absolute atomic E-state index is 0.804. The number of para-hydroxylation sites is 1. The molecule has 5 rings (SSSR count). The molecule has 4 aromatic rings. The number of piperazine rings is 1. The van der Waals surface area contributed by atoms with E-state index in [4.69, 9.17) is 0 Å². The molecule has 0 aromatic heterocycles. The maximum absolute atomic E-state index is 10.2. The van der Waals surface area contributed by atoms with Gasteiger partial charge in [0, 0.05) is 31.9 Å². The molecule has 0 atom stereocenters. The minimum Gasteiger partial charge on any atom is -0.368 e. The number of hydrogen-bond acceptors (Lipinski definition) is 3. The van der Waals surface area contributed by atoms with Crippen LogP contribution in [0.2, 0.25) is 0 Å². The molecular weight excluding hydrogens is 414 g/mol. The van der Waals surface area contributed by atoms with Crippen molar-refractivity contribution in [3.8, 4) is 17.2 Å². The van der Waals surface area contributed by atoms with Crippen LogP contribution < -0.4 is 9.80 Å². The van der Waals surface area contributed by atoms with E-state index >= 15 is 0 Å². The summed E-state index contributed by atoms with van der Waals surface area (Å²) in [6, 6.07) is 36.5. The van der Waals surface area contributed by atoms with E-state index in [0.29, 0.717) is 0 Å². The summed E-state index contributed by atoms with van der Waals surface area (Å²) >= 11 is 0. The van der Waals surface area contributed by atoms with Crippen molar-refractivity contribution >= 4 is 11.4 Å². The van der Waals surface area contributed by atoms with Crippen molar-refractivity contribution in [2.75, 3.05) is 36.0 Å². The predicted molar refractivity (Wildman–Crippen MR) is 141 cm³/mol. The minimum atomic E-state index is 0.804. The van der Waals surface area contributed by atoms with Gasteiger partial charge in [-0.1, -0.05) is 78.9 Å². The smallest absolute Gasteiger partial charge is 0.102 e. The van der Waals surface area contributed by atoms with Crippen molar-refractivity contribution < 1.29 is 0 Å².